The fourth-order valence-corrected chi connectivity index (χ4v) is 4.74. The number of nitrogens with zero attached hydrogens (tertiary/aromatic N) is 3. The van der Waals surface area contributed by atoms with Gasteiger partial charge < -0.3 is 29.7 Å². The topological polar surface area (TPSA) is 138 Å². The summed E-state index contributed by atoms with van der Waals surface area (Å²) in [5.41, 5.74) is 0.774. The lowest BCUT2D eigenvalue weighted by molar-refractivity contribution is -0.155. The van der Waals surface area contributed by atoms with Crippen LogP contribution in [0, 0.1) is 0 Å². The molecule has 1 saturated heterocycles. The van der Waals surface area contributed by atoms with Gasteiger partial charge in [0.2, 0.25) is 5.91 Å². The maximum absolute atomic E-state index is 13.7. The first-order chi connectivity index (χ1) is 20.6. The Hall–Kier alpha value is -3.99. The normalized spacial score (nSPS) is 14.5. The summed E-state index contributed by atoms with van der Waals surface area (Å²) in [5.74, 6) is -1.39. The van der Waals surface area contributed by atoms with Gasteiger partial charge in [0.15, 0.2) is 0 Å². The highest BCUT2D eigenvalue weighted by Crippen LogP contribution is 2.22. The molecule has 0 bridgehead atoms. The van der Waals surface area contributed by atoms with E-state index in [2.05, 4.69) is 10.3 Å². The van der Waals surface area contributed by atoms with E-state index in [1.807, 2.05) is 36.4 Å². The van der Waals surface area contributed by atoms with Gasteiger partial charge in [0, 0.05) is 38.2 Å². The van der Waals surface area contributed by atoms with Gasteiger partial charge in [0.05, 0.1) is 17.9 Å². The zero-order valence-corrected chi connectivity index (χ0v) is 26.7. The lowest BCUT2D eigenvalue weighted by Crippen LogP contribution is -2.56. The van der Waals surface area contributed by atoms with Crippen molar-refractivity contribution in [2.24, 2.45) is 0 Å². The second-order valence-corrected chi connectivity index (χ2v) is 12.6. The van der Waals surface area contributed by atoms with Crippen molar-refractivity contribution in [2.75, 3.05) is 32.8 Å². The number of amides is 3. The molecular weight excluding hydrogens is 564 g/mol. The number of aliphatic hydroxyl groups is 1. The molecule has 44 heavy (non-hydrogen) atoms. The van der Waals surface area contributed by atoms with Crippen LogP contribution in [0.5, 0.6) is 0 Å². The highest BCUT2D eigenvalue weighted by molar-refractivity contribution is 5.97. The monoisotopic (exact) mass is 610 g/mol. The number of hydrogen-bond acceptors (Lipinski definition) is 8. The molecule has 3 rings (SSSR count). The van der Waals surface area contributed by atoms with Crippen LogP contribution in [0.1, 0.15) is 76.9 Å². The molecule has 1 aromatic carbocycles. The van der Waals surface area contributed by atoms with Gasteiger partial charge in [0.1, 0.15) is 17.3 Å². The van der Waals surface area contributed by atoms with Gasteiger partial charge in [-0.25, -0.2) is 9.78 Å². The molecule has 0 radical (unpaired) electrons. The number of hydrogen-bond donors (Lipinski definition) is 2. The number of ether oxygens (including phenoxy) is 2. The van der Waals surface area contributed by atoms with Crippen molar-refractivity contribution in [3.63, 3.8) is 0 Å². The van der Waals surface area contributed by atoms with E-state index in [1.165, 1.54) is 4.90 Å². The summed E-state index contributed by atoms with van der Waals surface area (Å²) in [4.78, 5) is 59.8. The van der Waals surface area contributed by atoms with E-state index in [9.17, 15) is 24.3 Å². The predicted molar refractivity (Wildman–Crippen MR) is 166 cm³/mol. The molecule has 1 aromatic heterocycles. The molecule has 1 fully saturated rings. The Bertz CT molecular complexity index is 1290. The van der Waals surface area contributed by atoms with Crippen LogP contribution in [0.3, 0.4) is 0 Å². The highest BCUT2D eigenvalue weighted by Gasteiger charge is 2.32. The fourth-order valence-electron chi connectivity index (χ4n) is 4.74. The molecule has 0 saturated carbocycles. The molecule has 1 aliphatic heterocycles. The fraction of sp³-hybridized carbons (Fsp3) is 0.545. The first-order valence-corrected chi connectivity index (χ1v) is 15.2. The molecule has 11 heteroatoms. The van der Waals surface area contributed by atoms with Gasteiger partial charge in [-0.1, -0.05) is 30.3 Å². The molecule has 1 atom stereocenters. The molecular formula is C33H46N4O7. The number of carbonyl (C=O) groups excluding carboxylic acids is 4. The summed E-state index contributed by atoms with van der Waals surface area (Å²) in [6.07, 6.45) is 0.505. The summed E-state index contributed by atoms with van der Waals surface area (Å²) < 4.78 is 10.5. The standard InChI is InChI=1S/C33H46N4O7/c1-7-43-31(41)37-19-17-36(18-20-37)30(40)25(13-14-28(38)44-32(2,3)4)35-29(39)27-22-23(15-16-33(5,6)42)21-26(34-27)24-11-9-8-10-12-24/h8-12,21-22,25,42H,7,13-20H2,1-6H3,(H,35,39)/t25-/m0/s1. The lowest BCUT2D eigenvalue weighted by Gasteiger charge is -2.36. The minimum atomic E-state index is -1.02. The molecule has 3 amide bonds. The molecule has 2 aromatic rings. The zero-order chi connectivity index (χ0) is 32.5. The summed E-state index contributed by atoms with van der Waals surface area (Å²) in [5, 5.41) is 13.1. The summed E-state index contributed by atoms with van der Waals surface area (Å²) in [7, 11) is 0. The first kappa shape index (κ1) is 34.5. The number of carbonyl (C=O) groups is 4. The third-order valence-corrected chi connectivity index (χ3v) is 6.99. The maximum atomic E-state index is 13.7. The van der Waals surface area contributed by atoms with Gasteiger partial charge in [-0.15, -0.1) is 0 Å². The Morgan fingerprint density at radius 3 is 2.20 bits per heavy atom. The molecule has 11 nitrogen and oxygen atoms in total. The molecule has 2 heterocycles. The summed E-state index contributed by atoms with van der Waals surface area (Å²) >= 11 is 0. The average molecular weight is 611 g/mol. The zero-order valence-electron chi connectivity index (χ0n) is 26.7. The van der Waals surface area contributed by atoms with Crippen LogP contribution in [0.2, 0.25) is 0 Å². The van der Waals surface area contributed by atoms with Crippen LogP contribution in [0.15, 0.2) is 42.5 Å². The molecule has 0 aliphatic carbocycles. The van der Waals surface area contributed by atoms with E-state index >= 15 is 0 Å². The van der Waals surface area contributed by atoms with E-state index in [4.69, 9.17) is 9.47 Å². The van der Waals surface area contributed by atoms with Gasteiger partial charge in [-0.2, -0.15) is 0 Å². The number of esters is 1. The number of piperazine rings is 1. The quantitative estimate of drug-likeness (QED) is 0.365. The smallest absolute Gasteiger partial charge is 0.409 e. The maximum Gasteiger partial charge on any atom is 0.409 e. The van der Waals surface area contributed by atoms with Crippen molar-refractivity contribution in [1.29, 1.82) is 0 Å². The highest BCUT2D eigenvalue weighted by atomic mass is 16.6. The predicted octanol–water partition coefficient (Wildman–Crippen LogP) is 3.97. The number of aryl methyl sites for hydroxylation is 1. The van der Waals surface area contributed by atoms with Crippen molar-refractivity contribution in [2.45, 2.75) is 84.5 Å². The van der Waals surface area contributed by atoms with Gasteiger partial charge >= 0.3 is 12.1 Å². The van der Waals surface area contributed by atoms with Gasteiger partial charge in [-0.05, 0) is 78.5 Å². The Morgan fingerprint density at radius 2 is 1.61 bits per heavy atom. The number of pyridine rings is 1. The van der Waals surface area contributed by atoms with E-state index < -0.39 is 35.2 Å². The number of benzene rings is 1. The molecule has 240 valence electrons. The molecule has 0 spiro atoms. The van der Waals surface area contributed by atoms with E-state index in [1.54, 1.807) is 52.5 Å². The van der Waals surface area contributed by atoms with Crippen LogP contribution in [0.25, 0.3) is 11.3 Å². The lowest BCUT2D eigenvalue weighted by atomic mass is 9.97. The van der Waals surface area contributed by atoms with Crippen LogP contribution >= 0.6 is 0 Å². The van der Waals surface area contributed by atoms with Gasteiger partial charge in [-0.3, -0.25) is 14.4 Å². The Labute approximate surface area is 259 Å². The van der Waals surface area contributed by atoms with Crippen molar-refractivity contribution >= 4 is 23.9 Å². The van der Waals surface area contributed by atoms with E-state index in [-0.39, 0.29) is 44.1 Å². The second-order valence-electron chi connectivity index (χ2n) is 12.6. The van der Waals surface area contributed by atoms with Crippen molar-refractivity contribution < 1.29 is 33.8 Å². The largest absolute Gasteiger partial charge is 0.460 e. The Morgan fingerprint density at radius 1 is 0.977 bits per heavy atom. The molecule has 2 N–H and O–H groups in total. The average Bonchev–Trinajstić information content (AvgIpc) is 2.97. The molecule has 0 unspecified atom stereocenters. The number of rotatable bonds is 11. The summed E-state index contributed by atoms with van der Waals surface area (Å²) in [6, 6.07) is 12.0. The molecule has 1 aliphatic rings. The van der Waals surface area contributed by atoms with E-state index in [0.717, 1.165) is 11.1 Å². The minimum absolute atomic E-state index is 0.0293. The van der Waals surface area contributed by atoms with Crippen molar-refractivity contribution in [3.05, 3.63) is 53.7 Å². The van der Waals surface area contributed by atoms with Crippen LogP contribution in [-0.4, -0.2) is 93.8 Å². The Balaban J connectivity index is 1.84. The third-order valence-electron chi connectivity index (χ3n) is 6.99. The van der Waals surface area contributed by atoms with Crippen LogP contribution in [-0.2, 0) is 25.5 Å². The van der Waals surface area contributed by atoms with Gasteiger partial charge in [0.25, 0.3) is 5.91 Å². The number of aromatic nitrogens is 1. The first-order valence-electron chi connectivity index (χ1n) is 15.2. The van der Waals surface area contributed by atoms with E-state index in [0.29, 0.717) is 31.6 Å². The SMILES string of the molecule is CCOC(=O)N1CCN(C(=O)[C@H](CCC(=O)OC(C)(C)C)NC(=O)c2cc(CCC(C)(C)O)cc(-c3ccccc3)n2)CC1. The Kier molecular flexibility index (Phi) is 11.9. The third kappa shape index (κ3) is 10.9. The van der Waals surface area contributed by atoms with Crippen molar-refractivity contribution in [3.8, 4) is 11.3 Å². The second kappa shape index (κ2) is 15.1. The van der Waals surface area contributed by atoms with Crippen molar-refractivity contribution in [1.82, 2.24) is 20.1 Å². The number of nitrogens with one attached hydrogen (secondary N) is 1. The van der Waals surface area contributed by atoms with Crippen LogP contribution in [0.4, 0.5) is 4.79 Å². The summed E-state index contributed by atoms with van der Waals surface area (Å²) in [6.45, 7) is 11.9. The minimum Gasteiger partial charge on any atom is -0.460 e. The van der Waals surface area contributed by atoms with Crippen LogP contribution < -0.4 is 5.32 Å².